The normalized spacial score (nSPS) is 19.3. The summed E-state index contributed by atoms with van der Waals surface area (Å²) in [7, 11) is -1.95. The lowest BCUT2D eigenvalue weighted by Gasteiger charge is -2.32. The van der Waals surface area contributed by atoms with Crippen LogP contribution in [0, 0.1) is 11.6 Å². The summed E-state index contributed by atoms with van der Waals surface area (Å²) < 4.78 is 53.9. The fourth-order valence-corrected chi connectivity index (χ4v) is 5.02. The van der Waals surface area contributed by atoms with Crippen molar-refractivity contribution in [2.24, 2.45) is 0 Å². The smallest absolute Gasteiger partial charge is 0.481 e. The van der Waals surface area contributed by atoms with E-state index in [1.165, 1.54) is 24.3 Å². The molecule has 2 aliphatic rings. The summed E-state index contributed by atoms with van der Waals surface area (Å²) in [5.74, 6) is -4.73. The Hall–Kier alpha value is -3.85. The van der Waals surface area contributed by atoms with E-state index in [1.54, 1.807) is 0 Å². The van der Waals surface area contributed by atoms with Crippen molar-refractivity contribution < 1.29 is 51.7 Å². The molecule has 49 heavy (non-hydrogen) atoms. The number of halogens is 2. The highest BCUT2D eigenvalue weighted by molar-refractivity contribution is 6.62. The topological polar surface area (TPSA) is 162 Å². The van der Waals surface area contributed by atoms with E-state index in [0.29, 0.717) is 0 Å². The summed E-state index contributed by atoms with van der Waals surface area (Å²) in [5.41, 5.74) is -2.64. The molecule has 4 N–H and O–H groups in total. The van der Waals surface area contributed by atoms with Crippen molar-refractivity contribution >= 4 is 48.9 Å². The zero-order valence-corrected chi connectivity index (χ0v) is 29.0. The van der Waals surface area contributed by atoms with Crippen molar-refractivity contribution in [3.63, 3.8) is 0 Å². The molecule has 2 saturated heterocycles. The number of rotatable bonds is 12. The summed E-state index contributed by atoms with van der Waals surface area (Å²) in [6, 6.07) is 6.36. The lowest BCUT2D eigenvalue weighted by atomic mass is 9.78. The Kier molecular flexibility index (Phi) is 11.0. The lowest BCUT2D eigenvalue weighted by Crippen LogP contribution is -2.48. The number of carboxylic acids is 1. The maximum absolute atomic E-state index is 15.2. The van der Waals surface area contributed by atoms with Gasteiger partial charge in [0.05, 0.1) is 28.8 Å². The molecule has 16 heteroatoms. The standard InChI is InChI=1S/C33H43B2F2N3O9/c1-30(2)31(3,4)47-34(46-30)21-11-9-19(17-23(21)36)27(43)38-15-13-25(29(45)39-16-14-26(41)42)40-28(44)20-10-12-22(24(37)18-20)35-48-32(5,6)33(7,8)49-35/h9-12,17-18,25H,13-16H2,1-8H3,(H,38,43)(H,39,45)(H,40,44)(H,41,42). The molecule has 0 spiro atoms. The molecular weight excluding hydrogens is 642 g/mol. The van der Waals surface area contributed by atoms with E-state index in [2.05, 4.69) is 16.0 Å². The first kappa shape index (κ1) is 38.0. The molecule has 0 aromatic heterocycles. The minimum Gasteiger partial charge on any atom is -0.481 e. The monoisotopic (exact) mass is 685 g/mol. The molecule has 2 heterocycles. The third-order valence-electron chi connectivity index (χ3n) is 9.52. The van der Waals surface area contributed by atoms with Gasteiger partial charge in [0, 0.05) is 35.1 Å². The van der Waals surface area contributed by atoms with Crippen LogP contribution in [-0.4, -0.2) is 84.6 Å². The van der Waals surface area contributed by atoms with Gasteiger partial charge in [-0.3, -0.25) is 19.2 Å². The fourth-order valence-electron chi connectivity index (χ4n) is 5.02. The average Bonchev–Trinajstić information content (AvgIpc) is 3.34. The molecule has 1 unspecified atom stereocenters. The SMILES string of the molecule is CC1(C)OB(c2ccc(C(=O)NCCC(NC(=O)c3ccc(B4OC(C)(C)C(C)(C)O4)c(F)c3)C(=O)NCCC(=O)O)cc2F)OC1(C)C. The molecule has 0 radical (unpaired) electrons. The Bertz CT molecular complexity index is 1590. The Morgan fingerprint density at radius 3 is 1.53 bits per heavy atom. The van der Waals surface area contributed by atoms with E-state index in [4.69, 9.17) is 23.7 Å². The minimum atomic E-state index is -1.24. The van der Waals surface area contributed by atoms with Crippen molar-refractivity contribution in [1.29, 1.82) is 0 Å². The number of nitrogens with one attached hydrogen (secondary N) is 3. The third-order valence-corrected chi connectivity index (χ3v) is 9.52. The lowest BCUT2D eigenvalue weighted by molar-refractivity contribution is -0.137. The van der Waals surface area contributed by atoms with E-state index in [9.17, 15) is 19.2 Å². The summed E-state index contributed by atoms with van der Waals surface area (Å²) in [5, 5.41) is 16.5. The summed E-state index contributed by atoms with van der Waals surface area (Å²) >= 11 is 0. The molecule has 2 fully saturated rings. The molecule has 4 rings (SSSR count). The first-order valence-electron chi connectivity index (χ1n) is 16.0. The predicted molar refractivity (Wildman–Crippen MR) is 178 cm³/mol. The largest absolute Gasteiger partial charge is 0.497 e. The molecule has 1 atom stereocenters. The van der Waals surface area contributed by atoms with E-state index in [-0.39, 0.29) is 48.0 Å². The quantitative estimate of drug-likeness (QED) is 0.245. The number of hydrogen-bond donors (Lipinski definition) is 4. The van der Waals surface area contributed by atoms with Crippen molar-refractivity contribution in [3.8, 4) is 0 Å². The summed E-state index contributed by atoms with van der Waals surface area (Å²) in [6.07, 6.45) is -0.485. The second-order valence-electron chi connectivity index (χ2n) is 14.2. The number of carboxylic acid groups (broad SMARTS) is 1. The molecule has 2 aromatic carbocycles. The van der Waals surface area contributed by atoms with Crippen LogP contribution < -0.4 is 26.9 Å². The van der Waals surface area contributed by atoms with Crippen LogP contribution in [0.15, 0.2) is 36.4 Å². The van der Waals surface area contributed by atoms with Crippen LogP contribution in [0.25, 0.3) is 0 Å². The number of carbonyl (C=O) groups excluding carboxylic acids is 3. The fraction of sp³-hybridized carbons (Fsp3) is 0.515. The third kappa shape index (κ3) is 8.48. The van der Waals surface area contributed by atoms with Gasteiger partial charge in [0.1, 0.15) is 17.7 Å². The Morgan fingerprint density at radius 2 is 1.12 bits per heavy atom. The van der Waals surface area contributed by atoms with E-state index in [1.807, 2.05) is 55.4 Å². The van der Waals surface area contributed by atoms with Crippen LogP contribution in [0.2, 0.25) is 0 Å². The van der Waals surface area contributed by atoms with Crippen LogP contribution in [0.1, 0.15) is 88.9 Å². The maximum Gasteiger partial charge on any atom is 0.497 e. The minimum absolute atomic E-state index is 0.00169. The number of carbonyl (C=O) groups is 4. The average molecular weight is 685 g/mol. The summed E-state index contributed by atoms with van der Waals surface area (Å²) in [4.78, 5) is 49.9. The predicted octanol–water partition coefficient (Wildman–Crippen LogP) is 2.07. The van der Waals surface area contributed by atoms with Gasteiger partial charge < -0.3 is 39.7 Å². The van der Waals surface area contributed by atoms with Crippen molar-refractivity contribution in [1.82, 2.24) is 16.0 Å². The van der Waals surface area contributed by atoms with Gasteiger partial charge in [0.15, 0.2) is 0 Å². The zero-order chi connectivity index (χ0) is 36.5. The van der Waals surface area contributed by atoms with Crippen LogP contribution >= 0.6 is 0 Å². The van der Waals surface area contributed by atoms with Crippen LogP contribution in [0.5, 0.6) is 0 Å². The molecular formula is C33H43B2F2N3O9. The van der Waals surface area contributed by atoms with Crippen LogP contribution in [0.4, 0.5) is 8.78 Å². The highest BCUT2D eigenvalue weighted by Gasteiger charge is 2.53. The van der Waals surface area contributed by atoms with Gasteiger partial charge in [-0.2, -0.15) is 0 Å². The zero-order valence-electron chi connectivity index (χ0n) is 29.0. The molecule has 2 aliphatic heterocycles. The molecule has 0 saturated carbocycles. The maximum atomic E-state index is 15.2. The number of hydrogen-bond acceptors (Lipinski definition) is 8. The van der Waals surface area contributed by atoms with E-state index in [0.717, 1.165) is 12.1 Å². The van der Waals surface area contributed by atoms with Gasteiger partial charge in [-0.15, -0.1) is 0 Å². The molecule has 0 aliphatic carbocycles. The number of aliphatic carboxylic acids is 1. The van der Waals surface area contributed by atoms with Crippen molar-refractivity contribution in [3.05, 3.63) is 59.2 Å². The van der Waals surface area contributed by atoms with Gasteiger partial charge in [0.25, 0.3) is 11.8 Å². The summed E-state index contributed by atoms with van der Waals surface area (Å²) in [6.45, 7) is 14.3. The van der Waals surface area contributed by atoms with E-state index < -0.39 is 78.0 Å². The van der Waals surface area contributed by atoms with Gasteiger partial charge >= 0.3 is 20.2 Å². The molecule has 3 amide bonds. The van der Waals surface area contributed by atoms with Gasteiger partial charge in [-0.25, -0.2) is 8.78 Å². The van der Waals surface area contributed by atoms with Crippen LogP contribution in [-0.2, 0) is 28.2 Å². The Labute approximate surface area is 285 Å². The Morgan fingerprint density at radius 1 is 0.694 bits per heavy atom. The van der Waals surface area contributed by atoms with Gasteiger partial charge in [-0.1, -0.05) is 12.1 Å². The van der Waals surface area contributed by atoms with E-state index >= 15 is 8.78 Å². The second-order valence-corrected chi connectivity index (χ2v) is 14.2. The highest BCUT2D eigenvalue weighted by atomic mass is 19.1. The van der Waals surface area contributed by atoms with Gasteiger partial charge in [-0.05, 0) is 86.1 Å². The van der Waals surface area contributed by atoms with Gasteiger partial charge in [0.2, 0.25) is 5.91 Å². The molecule has 12 nitrogen and oxygen atoms in total. The first-order valence-corrected chi connectivity index (χ1v) is 16.0. The number of benzene rings is 2. The Balaban J connectivity index is 1.41. The number of amides is 3. The molecule has 0 bridgehead atoms. The first-order chi connectivity index (χ1) is 22.6. The van der Waals surface area contributed by atoms with Crippen molar-refractivity contribution in [2.45, 2.75) is 96.7 Å². The van der Waals surface area contributed by atoms with Crippen molar-refractivity contribution in [2.75, 3.05) is 13.1 Å². The highest BCUT2D eigenvalue weighted by Crippen LogP contribution is 2.37. The second kappa shape index (κ2) is 14.2. The molecule has 264 valence electrons. The molecule has 2 aromatic rings. The van der Waals surface area contributed by atoms with Crippen LogP contribution in [0.3, 0.4) is 0 Å².